The van der Waals surface area contributed by atoms with Gasteiger partial charge in [0.2, 0.25) is 10.5 Å². The zero-order chi connectivity index (χ0) is 34.9. The average molecular weight is 636 g/mol. The van der Waals surface area contributed by atoms with Crippen LogP contribution in [0, 0.1) is 0 Å². The molecule has 0 aromatic carbocycles. The van der Waals surface area contributed by atoms with Crippen molar-refractivity contribution < 1.29 is 80.5 Å². The lowest BCUT2D eigenvalue weighted by Gasteiger charge is -1.80. The fraction of sp³-hybridized carbons (Fsp3) is 0.714. The molecule has 0 aliphatic rings. The predicted octanol–water partition coefficient (Wildman–Crippen LogP) is 0.617. The molecular weight excluding hydrogens is 579 g/mol. The van der Waals surface area contributed by atoms with Crippen molar-refractivity contribution >= 4 is 57.6 Å². The third kappa shape index (κ3) is 16500. The van der Waals surface area contributed by atoms with E-state index in [0.29, 0.717) is 0 Å². The first-order chi connectivity index (χ1) is 17.5. The van der Waals surface area contributed by atoms with Gasteiger partial charge in [-0.1, -0.05) is 7.43 Å². The van der Waals surface area contributed by atoms with Crippen molar-refractivity contribution in [2.75, 3.05) is 56.9 Å². The number of halogens is 2. The summed E-state index contributed by atoms with van der Waals surface area (Å²) in [4.78, 5) is 55.6. The molecule has 0 aliphatic carbocycles. The van der Waals surface area contributed by atoms with E-state index in [-0.39, 0.29) is 31.3 Å². The van der Waals surface area contributed by atoms with Crippen LogP contribution >= 0.6 is 23.2 Å². The second-order valence-electron chi connectivity index (χ2n) is 3.37. The van der Waals surface area contributed by atoms with Gasteiger partial charge in [0, 0.05) is 85.6 Å². The molecule has 0 unspecified atom stereocenters. The molecule has 0 saturated carbocycles. The standard InChI is InChI=1S/2C3H6O2.2C2H3ClO.2C2H4O2.6CH4O.CH4.H2/c2*1-3(4)5-2;4*1-2(3)4;6*1-2;;/h2*1-2H3;2*1H3;2*1H3,(H,3,4);6*2H,1H3;1H4;1H. The molecule has 0 radical (unpaired) electrons. The molecule has 250 valence electrons. The Balaban J connectivity index is -0.0000000156. The molecule has 0 bridgehead atoms. The van der Waals surface area contributed by atoms with E-state index in [1.54, 1.807) is 0 Å². The van der Waals surface area contributed by atoms with Gasteiger partial charge in [-0.25, -0.2) is 0 Å². The van der Waals surface area contributed by atoms with Crippen molar-refractivity contribution in [3.05, 3.63) is 0 Å². The van der Waals surface area contributed by atoms with Crippen LogP contribution in [-0.2, 0) is 38.2 Å². The maximum absolute atomic E-state index is 9.59. The Labute approximate surface area is 244 Å². The minimum Gasteiger partial charge on any atom is -0.481 e. The van der Waals surface area contributed by atoms with Gasteiger partial charge in [0.05, 0.1) is 14.2 Å². The number of carboxylic acid groups (broad SMARTS) is 2. The van der Waals surface area contributed by atoms with E-state index in [4.69, 9.17) is 50.4 Å². The first-order valence-electron chi connectivity index (χ1n) is 8.96. The number of carboxylic acids is 2. The summed E-state index contributed by atoms with van der Waals surface area (Å²) in [6, 6.07) is 0. The number of ether oxygens (including phenoxy) is 2. The quantitative estimate of drug-likeness (QED) is 0.134. The van der Waals surface area contributed by atoms with Crippen LogP contribution in [-0.4, -0.2) is 132 Å². The van der Waals surface area contributed by atoms with Crippen LogP contribution in [0.5, 0.6) is 0 Å². The van der Waals surface area contributed by atoms with Gasteiger partial charge in [0.15, 0.2) is 0 Å². The van der Waals surface area contributed by atoms with Gasteiger partial charge >= 0.3 is 11.9 Å². The van der Waals surface area contributed by atoms with Crippen molar-refractivity contribution in [3.63, 3.8) is 0 Å². The topological polar surface area (TPSA) is 283 Å². The normalized spacial score (nSPS) is 5.28. The summed E-state index contributed by atoms with van der Waals surface area (Å²) < 4.78 is 8.22. The number of methoxy groups -OCH3 is 2. The summed E-state index contributed by atoms with van der Waals surface area (Å²) in [5.41, 5.74) is 0. The molecule has 0 amide bonds. The highest BCUT2D eigenvalue weighted by atomic mass is 35.5. The minimum atomic E-state index is -0.833. The monoisotopic (exact) mass is 634 g/mol. The van der Waals surface area contributed by atoms with Crippen LogP contribution in [0.1, 0.15) is 50.4 Å². The van der Waals surface area contributed by atoms with Crippen molar-refractivity contribution in [2.24, 2.45) is 0 Å². The zero-order valence-electron chi connectivity index (χ0n) is 24.6. The van der Waals surface area contributed by atoms with E-state index in [2.05, 4.69) is 32.7 Å². The largest absolute Gasteiger partial charge is 0.481 e. The molecule has 39 heavy (non-hydrogen) atoms. The number of hydrogen-bond acceptors (Lipinski definition) is 14. The van der Waals surface area contributed by atoms with Crippen LogP contribution in [0.2, 0.25) is 0 Å². The second kappa shape index (κ2) is 138. The summed E-state index contributed by atoms with van der Waals surface area (Å²) in [6.07, 6.45) is 0. The maximum Gasteiger partial charge on any atom is 0.302 e. The van der Waals surface area contributed by atoms with Gasteiger partial charge in [0.25, 0.3) is 11.9 Å². The molecule has 0 atom stereocenters. The molecule has 0 spiro atoms. The van der Waals surface area contributed by atoms with E-state index in [0.717, 1.165) is 56.5 Å². The molecule has 0 heterocycles. The average Bonchev–Trinajstić information content (AvgIpc) is 2.85. The summed E-state index contributed by atoms with van der Waals surface area (Å²) in [7, 11) is 8.70. The fourth-order valence-electron chi connectivity index (χ4n) is 0. The van der Waals surface area contributed by atoms with Crippen LogP contribution in [0.15, 0.2) is 0 Å². The molecular formula is C21H56Cl2O16. The number of hydrogen-bond donors (Lipinski definition) is 8. The maximum atomic E-state index is 9.59. The van der Waals surface area contributed by atoms with Crippen LogP contribution < -0.4 is 0 Å². The summed E-state index contributed by atoms with van der Waals surface area (Å²) >= 11 is 9.27. The Bertz CT molecular complexity index is 351. The third-order valence-corrected chi connectivity index (χ3v) is 0.575. The van der Waals surface area contributed by atoms with E-state index in [1.165, 1.54) is 41.9 Å². The van der Waals surface area contributed by atoms with E-state index in [1.807, 2.05) is 0 Å². The van der Waals surface area contributed by atoms with Gasteiger partial charge in [-0.15, -0.1) is 0 Å². The number of carbonyl (C=O) groups excluding carboxylic acids is 4. The fourth-order valence-corrected chi connectivity index (χ4v) is 0. The number of aliphatic hydroxyl groups is 6. The van der Waals surface area contributed by atoms with E-state index >= 15 is 0 Å². The molecule has 18 heteroatoms. The molecule has 0 aromatic heterocycles. The first kappa shape index (κ1) is 83.3. The smallest absolute Gasteiger partial charge is 0.302 e. The lowest BCUT2D eigenvalue weighted by molar-refractivity contribution is -0.138. The molecule has 0 rings (SSSR count). The number of esters is 2. The Kier molecular flexibility index (Phi) is 294. The Morgan fingerprint density at radius 2 is 0.487 bits per heavy atom. The first-order valence-corrected chi connectivity index (χ1v) is 9.71. The molecule has 0 aromatic rings. The molecule has 16 nitrogen and oxygen atoms in total. The zero-order valence-corrected chi connectivity index (χ0v) is 26.1. The van der Waals surface area contributed by atoms with Gasteiger partial charge in [-0.2, -0.15) is 0 Å². The van der Waals surface area contributed by atoms with Gasteiger partial charge < -0.3 is 50.3 Å². The van der Waals surface area contributed by atoms with Gasteiger partial charge in [-0.3, -0.25) is 28.8 Å². The summed E-state index contributed by atoms with van der Waals surface area (Å²) in [6.45, 7) is 7.48. The Morgan fingerprint density at radius 3 is 0.487 bits per heavy atom. The van der Waals surface area contributed by atoms with Crippen LogP contribution in [0.3, 0.4) is 0 Å². The van der Waals surface area contributed by atoms with E-state index in [9.17, 15) is 19.2 Å². The summed E-state index contributed by atoms with van der Waals surface area (Å²) in [5.74, 6) is -2.16. The van der Waals surface area contributed by atoms with Crippen molar-refractivity contribution in [1.29, 1.82) is 0 Å². The number of carbonyl (C=O) groups is 6. The lowest BCUT2D eigenvalue weighted by atomic mass is 10.8. The molecule has 0 fully saturated rings. The predicted molar refractivity (Wildman–Crippen MR) is 153 cm³/mol. The highest BCUT2D eigenvalue weighted by Crippen LogP contribution is 1.68. The highest BCUT2D eigenvalue weighted by molar-refractivity contribution is 6.63. The molecule has 0 aliphatic heterocycles. The Hall–Kier alpha value is -2.44. The van der Waals surface area contributed by atoms with Crippen LogP contribution in [0.25, 0.3) is 0 Å². The number of rotatable bonds is 0. The molecule has 0 saturated heterocycles. The Morgan fingerprint density at radius 1 is 0.462 bits per heavy atom. The molecule has 8 N–H and O–H groups in total. The highest BCUT2D eigenvalue weighted by Gasteiger charge is 1.76. The number of aliphatic carboxylic acids is 2. The van der Waals surface area contributed by atoms with Crippen molar-refractivity contribution in [3.8, 4) is 0 Å². The third-order valence-electron chi connectivity index (χ3n) is 0.575. The summed E-state index contributed by atoms with van der Waals surface area (Å²) in [5, 5.41) is 56.1. The van der Waals surface area contributed by atoms with Gasteiger partial charge in [-0.05, 0) is 23.2 Å². The SMILES string of the molecule is C.CC(=O)Cl.CC(=O)Cl.CC(=O)O.CC(=O)O.CO.CO.CO.CO.CO.CO.COC(C)=O.COC(C)=O.[HH]. The minimum absolute atomic E-state index is 0. The number of aliphatic hydroxyl groups excluding tert-OH is 6. The van der Waals surface area contributed by atoms with Crippen LogP contribution in [0.4, 0.5) is 0 Å². The lowest BCUT2D eigenvalue weighted by Crippen LogP contribution is -1.88. The van der Waals surface area contributed by atoms with Gasteiger partial charge in [0.1, 0.15) is 0 Å². The van der Waals surface area contributed by atoms with Crippen molar-refractivity contribution in [1.82, 2.24) is 0 Å². The van der Waals surface area contributed by atoms with Crippen molar-refractivity contribution in [2.45, 2.75) is 49.0 Å². The second-order valence-corrected chi connectivity index (χ2v) is 4.43. The van der Waals surface area contributed by atoms with E-state index < -0.39 is 11.9 Å².